The minimum absolute atomic E-state index is 0.129. The molecule has 2 aromatic carbocycles. The summed E-state index contributed by atoms with van der Waals surface area (Å²) in [5.41, 5.74) is 2.00. The summed E-state index contributed by atoms with van der Waals surface area (Å²) in [5.74, 6) is -4.71. The number of carbonyl (C=O) groups is 1. The Hall–Kier alpha value is -3.72. The van der Waals surface area contributed by atoms with Crippen LogP contribution in [-0.2, 0) is 11.8 Å². The molecule has 1 N–H and O–H groups in total. The van der Waals surface area contributed by atoms with Gasteiger partial charge in [-0.2, -0.15) is 13.9 Å². The van der Waals surface area contributed by atoms with Gasteiger partial charge >= 0.3 is 5.92 Å². The van der Waals surface area contributed by atoms with Crippen LogP contribution in [0.15, 0.2) is 71.8 Å². The summed E-state index contributed by atoms with van der Waals surface area (Å²) in [6, 6.07) is 14.6. The maximum Gasteiger partial charge on any atom is 0.321 e. The van der Waals surface area contributed by atoms with Crippen molar-refractivity contribution in [1.82, 2.24) is 19.7 Å². The highest BCUT2D eigenvalue weighted by Gasteiger charge is 2.38. The van der Waals surface area contributed by atoms with E-state index in [4.69, 9.17) is 16.3 Å². The zero-order chi connectivity index (χ0) is 26.9. The fourth-order valence-electron chi connectivity index (χ4n) is 4.04. The van der Waals surface area contributed by atoms with Gasteiger partial charge in [-0.15, -0.1) is 0 Å². The van der Waals surface area contributed by atoms with Crippen molar-refractivity contribution in [2.24, 2.45) is 13.0 Å². The van der Waals surface area contributed by atoms with Crippen molar-refractivity contribution in [3.8, 4) is 11.4 Å². The smallest absolute Gasteiger partial charge is 0.321 e. The normalized spacial score (nSPS) is 13.5. The Bertz CT molecular complexity index is 1490. The highest BCUT2D eigenvalue weighted by molar-refractivity contribution is 6.30. The molecule has 2 heterocycles. The summed E-state index contributed by atoms with van der Waals surface area (Å²) in [6.07, 6.45) is 2.55. The lowest BCUT2D eigenvalue weighted by molar-refractivity contribution is -0.145. The van der Waals surface area contributed by atoms with Crippen LogP contribution >= 0.6 is 11.6 Å². The number of pyridine rings is 1. The average molecular weight is 529 g/mol. The summed E-state index contributed by atoms with van der Waals surface area (Å²) in [5, 5.41) is 8.13. The predicted octanol–water partition coefficient (Wildman–Crippen LogP) is 5.29. The van der Waals surface area contributed by atoms with Gasteiger partial charge in [0.1, 0.15) is 11.9 Å². The molecule has 0 saturated carbocycles. The molecule has 0 saturated heterocycles. The van der Waals surface area contributed by atoms with E-state index in [1.165, 1.54) is 10.6 Å². The molecule has 0 bridgehead atoms. The number of ether oxygens (including phenoxy) is 1. The molecule has 0 unspecified atom stereocenters. The van der Waals surface area contributed by atoms with E-state index < -0.39 is 24.0 Å². The van der Waals surface area contributed by atoms with Crippen LogP contribution in [0.25, 0.3) is 16.6 Å². The number of amides is 1. The summed E-state index contributed by atoms with van der Waals surface area (Å²) >= 11 is 6.22. The SMILES string of the molecule is CC(C)[C@H](NC(=O)C(C)(F)F)[C@H](Oc1ccc2c(cnn2-c2ccc(=O)n(C)c2)c1)c1cccc(Cl)c1. The number of nitrogens with zero attached hydrogens (tertiary/aromatic N) is 3. The van der Waals surface area contributed by atoms with E-state index >= 15 is 0 Å². The third-order valence-electron chi connectivity index (χ3n) is 6.04. The fraction of sp³-hybridized carbons (Fsp3) is 0.296. The molecule has 0 radical (unpaired) electrons. The van der Waals surface area contributed by atoms with E-state index in [0.29, 0.717) is 28.9 Å². The van der Waals surface area contributed by atoms with Crippen LogP contribution in [-0.4, -0.2) is 32.2 Å². The van der Waals surface area contributed by atoms with E-state index in [1.54, 1.807) is 66.6 Å². The van der Waals surface area contributed by atoms with E-state index in [0.717, 1.165) is 10.9 Å². The Morgan fingerprint density at radius 2 is 1.89 bits per heavy atom. The lowest BCUT2D eigenvalue weighted by Crippen LogP contribution is -2.49. The van der Waals surface area contributed by atoms with Gasteiger partial charge in [0, 0.05) is 36.6 Å². The van der Waals surface area contributed by atoms with Crippen LogP contribution in [0.5, 0.6) is 5.75 Å². The monoisotopic (exact) mass is 528 g/mol. The Morgan fingerprint density at radius 3 is 2.54 bits per heavy atom. The third kappa shape index (κ3) is 5.83. The molecule has 4 aromatic rings. The minimum atomic E-state index is -3.54. The van der Waals surface area contributed by atoms with E-state index in [2.05, 4.69) is 10.4 Å². The number of hydrogen-bond donors (Lipinski definition) is 1. The van der Waals surface area contributed by atoms with E-state index in [1.807, 2.05) is 19.9 Å². The summed E-state index contributed by atoms with van der Waals surface area (Å²) in [6.45, 7) is 4.20. The highest BCUT2D eigenvalue weighted by atomic mass is 35.5. The lowest BCUT2D eigenvalue weighted by atomic mass is 9.92. The van der Waals surface area contributed by atoms with Gasteiger partial charge in [-0.3, -0.25) is 9.59 Å². The first-order valence-corrected chi connectivity index (χ1v) is 12.1. The molecule has 0 aliphatic carbocycles. The number of fused-ring (bicyclic) bond motifs is 1. The molecule has 4 rings (SSSR count). The number of benzene rings is 2. The van der Waals surface area contributed by atoms with E-state index in [-0.39, 0.29) is 11.5 Å². The zero-order valence-corrected chi connectivity index (χ0v) is 21.5. The first-order chi connectivity index (χ1) is 17.4. The minimum Gasteiger partial charge on any atom is -0.484 e. The molecule has 194 valence electrons. The Labute approximate surface area is 217 Å². The maximum absolute atomic E-state index is 13.8. The molecule has 2 atom stereocenters. The maximum atomic E-state index is 13.8. The largest absolute Gasteiger partial charge is 0.484 e. The molecular formula is C27H27ClF2N4O3. The molecule has 37 heavy (non-hydrogen) atoms. The van der Waals surface area contributed by atoms with Crippen LogP contribution in [0.3, 0.4) is 0 Å². The molecule has 2 aromatic heterocycles. The summed E-state index contributed by atoms with van der Waals surface area (Å²) < 4.78 is 37.0. The van der Waals surface area contributed by atoms with Crippen LogP contribution in [0, 0.1) is 5.92 Å². The molecule has 0 spiro atoms. The standard InChI is InChI=1S/C27H27ClF2N4O3/c1-16(2)24(32-26(36)27(3,29)30)25(17-6-5-7-19(28)12-17)37-21-9-10-22-18(13-21)14-31-34(22)20-8-11-23(35)33(4)15-20/h5-16,24-25H,1-4H3,(H,32,36)/t24-,25+/m0/s1. The number of hydrogen-bond acceptors (Lipinski definition) is 4. The predicted molar refractivity (Wildman–Crippen MR) is 139 cm³/mol. The first-order valence-electron chi connectivity index (χ1n) is 11.7. The molecule has 0 aliphatic heterocycles. The van der Waals surface area contributed by atoms with E-state index in [9.17, 15) is 18.4 Å². The van der Waals surface area contributed by atoms with Gasteiger partial charge in [-0.05, 0) is 47.9 Å². The Morgan fingerprint density at radius 1 is 1.14 bits per heavy atom. The lowest BCUT2D eigenvalue weighted by Gasteiger charge is -2.32. The van der Waals surface area contributed by atoms with Gasteiger partial charge in [-0.1, -0.05) is 37.6 Å². The molecule has 1 amide bonds. The number of carbonyl (C=O) groups excluding carboxylic acids is 1. The average Bonchev–Trinajstić information content (AvgIpc) is 3.25. The molecule has 10 heteroatoms. The number of nitrogens with one attached hydrogen (secondary N) is 1. The first kappa shape index (κ1) is 26.3. The van der Waals surface area contributed by atoms with Crippen LogP contribution < -0.4 is 15.6 Å². The van der Waals surface area contributed by atoms with Crippen molar-refractivity contribution < 1.29 is 18.3 Å². The number of halogens is 3. The van der Waals surface area contributed by atoms with Crippen molar-refractivity contribution in [3.05, 3.63) is 87.9 Å². The van der Waals surface area contributed by atoms with Crippen LogP contribution in [0.1, 0.15) is 32.4 Å². The molecular weight excluding hydrogens is 502 g/mol. The van der Waals surface area contributed by atoms with Crippen molar-refractivity contribution >= 4 is 28.4 Å². The van der Waals surface area contributed by atoms with Crippen LogP contribution in [0.4, 0.5) is 8.78 Å². The summed E-state index contributed by atoms with van der Waals surface area (Å²) in [4.78, 5) is 24.0. The molecule has 0 aliphatic rings. The molecule has 7 nitrogen and oxygen atoms in total. The number of aromatic nitrogens is 3. The van der Waals surface area contributed by atoms with Crippen molar-refractivity contribution in [1.29, 1.82) is 0 Å². The quantitative estimate of drug-likeness (QED) is 0.337. The van der Waals surface area contributed by atoms with Crippen molar-refractivity contribution in [3.63, 3.8) is 0 Å². The second-order valence-electron chi connectivity index (χ2n) is 9.34. The van der Waals surface area contributed by atoms with Crippen molar-refractivity contribution in [2.45, 2.75) is 38.8 Å². The Kier molecular flexibility index (Phi) is 7.36. The van der Waals surface area contributed by atoms with Gasteiger partial charge in [0.25, 0.3) is 5.91 Å². The van der Waals surface area contributed by atoms with Gasteiger partial charge in [0.05, 0.1) is 23.4 Å². The summed E-state index contributed by atoms with van der Waals surface area (Å²) in [7, 11) is 1.66. The van der Waals surface area contributed by atoms with Crippen molar-refractivity contribution in [2.75, 3.05) is 0 Å². The highest BCUT2D eigenvalue weighted by Crippen LogP contribution is 2.32. The second-order valence-corrected chi connectivity index (χ2v) is 9.77. The van der Waals surface area contributed by atoms with Gasteiger partial charge in [0.2, 0.25) is 5.56 Å². The van der Waals surface area contributed by atoms with Gasteiger partial charge < -0.3 is 14.6 Å². The topological polar surface area (TPSA) is 78.2 Å². The second kappa shape index (κ2) is 10.3. The third-order valence-corrected chi connectivity index (χ3v) is 6.27. The molecule has 0 fully saturated rings. The van der Waals surface area contributed by atoms with Gasteiger partial charge in [0.15, 0.2) is 0 Å². The number of aryl methyl sites for hydroxylation is 1. The Balaban J connectivity index is 1.71. The van der Waals surface area contributed by atoms with Crippen LogP contribution in [0.2, 0.25) is 5.02 Å². The number of rotatable bonds is 8. The fourth-order valence-corrected chi connectivity index (χ4v) is 4.24. The van der Waals surface area contributed by atoms with Gasteiger partial charge in [-0.25, -0.2) is 4.68 Å². The number of alkyl halides is 2. The zero-order valence-electron chi connectivity index (χ0n) is 20.8.